The molecule has 3 nitrogen and oxygen atoms in total. The lowest BCUT2D eigenvalue weighted by molar-refractivity contribution is -0.132. The highest BCUT2D eigenvalue weighted by Crippen LogP contribution is 2.33. The summed E-state index contributed by atoms with van der Waals surface area (Å²) in [4.78, 5) is 17.1. The third-order valence-corrected chi connectivity index (χ3v) is 4.86. The zero-order valence-corrected chi connectivity index (χ0v) is 13.1. The quantitative estimate of drug-likeness (QED) is 0.896. The predicted octanol–water partition coefficient (Wildman–Crippen LogP) is 3.45. The Morgan fingerprint density at radius 3 is 2.68 bits per heavy atom. The molecule has 3 atom stereocenters. The first-order valence-corrected chi connectivity index (χ1v) is 8.04. The first kappa shape index (κ1) is 14.5. The molecule has 1 aliphatic rings. The van der Waals surface area contributed by atoms with Crippen LogP contribution in [0.2, 0.25) is 0 Å². The summed E-state index contributed by atoms with van der Waals surface area (Å²) >= 11 is 1.78. The molecule has 0 saturated carbocycles. The third-order valence-electron chi connectivity index (χ3n) is 3.81. The van der Waals surface area contributed by atoms with Crippen molar-refractivity contribution in [3.63, 3.8) is 0 Å². The van der Waals surface area contributed by atoms with Gasteiger partial charge in [-0.05, 0) is 38.8 Å². The summed E-state index contributed by atoms with van der Waals surface area (Å²) < 4.78 is 0. The van der Waals surface area contributed by atoms with E-state index in [4.69, 9.17) is 0 Å². The second-order valence-electron chi connectivity index (χ2n) is 5.36. The highest BCUT2D eigenvalue weighted by Gasteiger charge is 2.41. The molecule has 1 aromatic heterocycles. The van der Waals surface area contributed by atoms with E-state index < -0.39 is 0 Å². The second kappa shape index (κ2) is 6.06. The Labute approximate surface area is 120 Å². The van der Waals surface area contributed by atoms with Gasteiger partial charge >= 0.3 is 0 Å². The molecule has 106 valence electrons. The molecule has 1 aromatic rings. The largest absolute Gasteiger partial charge is 0.318 e. The number of carbonyl (C=O) groups excluding carboxylic acids is 1. The number of thiophene rings is 1. The van der Waals surface area contributed by atoms with Crippen molar-refractivity contribution >= 4 is 17.2 Å². The third kappa shape index (κ3) is 2.84. The van der Waals surface area contributed by atoms with Gasteiger partial charge in [0.05, 0.1) is 6.04 Å². The highest BCUT2D eigenvalue weighted by molar-refractivity contribution is 7.12. The monoisotopic (exact) mass is 280 g/mol. The van der Waals surface area contributed by atoms with Gasteiger partial charge in [-0.3, -0.25) is 10.1 Å². The molecule has 0 radical (unpaired) electrons. The summed E-state index contributed by atoms with van der Waals surface area (Å²) in [5, 5.41) is 3.50. The average Bonchev–Trinajstić information content (AvgIpc) is 2.93. The Kier molecular flexibility index (Phi) is 4.63. The Balaban J connectivity index is 2.26. The number of carbonyl (C=O) groups is 1. The fourth-order valence-corrected chi connectivity index (χ4v) is 3.73. The number of nitrogens with one attached hydrogen (secondary N) is 1. The summed E-state index contributed by atoms with van der Waals surface area (Å²) in [6.45, 7) is 8.52. The second-order valence-corrected chi connectivity index (χ2v) is 6.68. The van der Waals surface area contributed by atoms with Crippen LogP contribution in [-0.4, -0.2) is 22.9 Å². The molecule has 1 N–H and O–H groups in total. The Hall–Kier alpha value is -0.870. The standard InChI is InChI=1S/C15H24N2OS/c1-5-7-10(3)17-14(13-9-8-11(4)19-13)16-12(6-2)15(17)18/h8-10,12,14,16H,5-7H2,1-4H3. The fourth-order valence-electron chi connectivity index (χ4n) is 2.79. The fraction of sp³-hybridized carbons (Fsp3) is 0.667. The van der Waals surface area contributed by atoms with E-state index in [1.165, 1.54) is 9.75 Å². The van der Waals surface area contributed by atoms with Crippen LogP contribution in [-0.2, 0) is 4.79 Å². The Bertz CT molecular complexity index is 443. The van der Waals surface area contributed by atoms with Crippen molar-refractivity contribution in [3.05, 3.63) is 21.9 Å². The molecule has 1 fully saturated rings. The van der Waals surface area contributed by atoms with Crippen LogP contribution in [0, 0.1) is 6.92 Å². The first-order chi connectivity index (χ1) is 9.08. The van der Waals surface area contributed by atoms with Gasteiger partial charge in [0.2, 0.25) is 5.91 Å². The SMILES string of the molecule is CCCC(C)N1C(=O)C(CC)NC1c1ccc(C)s1. The molecular formula is C15H24N2OS. The van der Waals surface area contributed by atoms with E-state index >= 15 is 0 Å². The zero-order valence-electron chi connectivity index (χ0n) is 12.3. The van der Waals surface area contributed by atoms with Gasteiger partial charge < -0.3 is 4.90 Å². The average molecular weight is 280 g/mol. The molecular weight excluding hydrogens is 256 g/mol. The van der Waals surface area contributed by atoms with Gasteiger partial charge in [0, 0.05) is 15.8 Å². The minimum Gasteiger partial charge on any atom is -0.318 e. The molecule has 0 aromatic carbocycles. The van der Waals surface area contributed by atoms with Crippen molar-refractivity contribution in [2.75, 3.05) is 0 Å². The molecule has 0 aliphatic carbocycles. The van der Waals surface area contributed by atoms with Crippen LogP contribution in [0.4, 0.5) is 0 Å². The van der Waals surface area contributed by atoms with Crippen LogP contribution in [0.3, 0.4) is 0 Å². The normalized spacial score (nSPS) is 25.1. The van der Waals surface area contributed by atoms with E-state index in [2.05, 4.69) is 50.0 Å². The summed E-state index contributed by atoms with van der Waals surface area (Å²) in [6.07, 6.45) is 3.09. The Morgan fingerprint density at radius 1 is 1.42 bits per heavy atom. The number of hydrogen-bond acceptors (Lipinski definition) is 3. The van der Waals surface area contributed by atoms with Crippen LogP contribution in [0.15, 0.2) is 12.1 Å². The maximum absolute atomic E-state index is 12.5. The Morgan fingerprint density at radius 2 is 2.16 bits per heavy atom. The molecule has 2 heterocycles. The molecule has 4 heteroatoms. The van der Waals surface area contributed by atoms with Gasteiger partial charge in [-0.1, -0.05) is 20.3 Å². The molecule has 1 aliphatic heterocycles. The summed E-state index contributed by atoms with van der Waals surface area (Å²) in [5.74, 6) is 0.263. The summed E-state index contributed by atoms with van der Waals surface area (Å²) in [6, 6.07) is 4.56. The van der Waals surface area contributed by atoms with E-state index in [9.17, 15) is 4.79 Å². The maximum atomic E-state index is 12.5. The molecule has 0 bridgehead atoms. The highest BCUT2D eigenvalue weighted by atomic mass is 32.1. The van der Waals surface area contributed by atoms with Crippen molar-refractivity contribution in [1.82, 2.24) is 10.2 Å². The topological polar surface area (TPSA) is 32.3 Å². The van der Waals surface area contributed by atoms with Gasteiger partial charge in [-0.15, -0.1) is 11.3 Å². The van der Waals surface area contributed by atoms with E-state index in [0.717, 1.165) is 19.3 Å². The lowest BCUT2D eigenvalue weighted by Gasteiger charge is -2.29. The van der Waals surface area contributed by atoms with Crippen LogP contribution in [0.25, 0.3) is 0 Å². The lowest BCUT2D eigenvalue weighted by atomic mass is 10.1. The minimum absolute atomic E-state index is 0.0216. The van der Waals surface area contributed by atoms with Crippen LogP contribution in [0.5, 0.6) is 0 Å². The molecule has 0 spiro atoms. The molecule has 1 amide bonds. The number of hydrogen-bond donors (Lipinski definition) is 1. The zero-order chi connectivity index (χ0) is 14.0. The van der Waals surface area contributed by atoms with E-state index in [1.54, 1.807) is 11.3 Å². The lowest BCUT2D eigenvalue weighted by Crippen LogP contribution is -2.38. The maximum Gasteiger partial charge on any atom is 0.241 e. The predicted molar refractivity (Wildman–Crippen MR) is 80.2 cm³/mol. The molecule has 2 rings (SSSR count). The van der Waals surface area contributed by atoms with Crippen LogP contribution in [0.1, 0.15) is 56.0 Å². The minimum atomic E-state index is -0.0216. The van der Waals surface area contributed by atoms with Gasteiger partial charge in [-0.25, -0.2) is 0 Å². The van der Waals surface area contributed by atoms with Crippen LogP contribution < -0.4 is 5.32 Å². The van der Waals surface area contributed by atoms with Crippen molar-refractivity contribution in [2.45, 2.75) is 65.2 Å². The molecule has 19 heavy (non-hydrogen) atoms. The van der Waals surface area contributed by atoms with Gasteiger partial charge in [0.25, 0.3) is 0 Å². The molecule has 1 saturated heterocycles. The van der Waals surface area contributed by atoms with E-state index in [1.807, 2.05) is 0 Å². The van der Waals surface area contributed by atoms with Crippen LogP contribution >= 0.6 is 11.3 Å². The summed E-state index contributed by atoms with van der Waals surface area (Å²) in [7, 11) is 0. The van der Waals surface area contributed by atoms with Crippen molar-refractivity contribution in [1.29, 1.82) is 0 Å². The van der Waals surface area contributed by atoms with Gasteiger partial charge in [0.15, 0.2) is 0 Å². The van der Waals surface area contributed by atoms with Gasteiger partial charge in [0.1, 0.15) is 6.17 Å². The van der Waals surface area contributed by atoms with Gasteiger partial charge in [-0.2, -0.15) is 0 Å². The number of amides is 1. The first-order valence-electron chi connectivity index (χ1n) is 7.23. The number of aryl methyl sites for hydroxylation is 1. The van der Waals surface area contributed by atoms with Crippen molar-refractivity contribution in [3.8, 4) is 0 Å². The number of rotatable bonds is 5. The molecule has 3 unspecified atom stereocenters. The van der Waals surface area contributed by atoms with E-state index in [-0.39, 0.29) is 18.1 Å². The van der Waals surface area contributed by atoms with Crippen molar-refractivity contribution < 1.29 is 4.79 Å². The van der Waals surface area contributed by atoms with Crippen molar-refractivity contribution in [2.24, 2.45) is 0 Å². The summed E-state index contributed by atoms with van der Waals surface area (Å²) in [5.41, 5.74) is 0. The smallest absolute Gasteiger partial charge is 0.241 e. The van der Waals surface area contributed by atoms with E-state index in [0.29, 0.717) is 6.04 Å². The number of nitrogens with zero attached hydrogens (tertiary/aromatic N) is 1.